The number of benzene rings is 1. The zero-order valence-electron chi connectivity index (χ0n) is 16.6. The third-order valence-corrected chi connectivity index (χ3v) is 5.06. The predicted molar refractivity (Wildman–Crippen MR) is 105 cm³/mol. The third-order valence-electron chi connectivity index (χ3n) is 5.06. The van der Waals surface area contributed by atoms with Crippen molar-refractivity contribution in [1.29, 1.82) is 0 Å². The Balaban J connectivity index is 1.72. The number of likely N-dealkylation sites (tertiary alicyclic amines) is 1. The quantitative estimate of drug-likeness (QED) is 0.690. The van der Waals surface area contributed by atoms with Crippen molar-refractivity contribution in [3.63, 3.8) is 0 Å². The fourth-order valence-corrected chi connectivity index (χ4v) is 3.70. The molecule has 2 amide bonds. The van der Waals surface area contributed by atoms with Crippen LogP contribution in [0.15, 0.2) is 30.3 Å². The van der Waals surface area contributed by atoms with Crippen molar-refractivity contribution >= 4 is 11.8 Å². The van der Waals surface area contributed by atoms with Crippen LogP contribution >= 0.6 is 0 Å². The van der Waals surface area contributed by atoms with Gasteiger partial charge in [-0.25, -0.2) is 0 Å². The highest BCUT2D eigenvalue weighted by Crippen LogP contribution is 2.27. The Morgan fingerprint density at radius 2 is 1.85 bits per heavy atom. The molecule has 1 aromatic rings. The van der Waals surface area contributed by atoms with Gasteiger partial charge in [-0.3, -0.25) is 14.5 Å². The van der Waals surface area contributed by atoms with E-state index in [2.05, 4.69) is 50.0 Å². The van der Waals surface area contributed by atoms with Crippen molar-refractivity contribution in [2.45, 2.75) is 58.5 Å². The molecule has 5 heteroatoms. The summed E-state index contributed by atoms with van der Waals surface area (Å²) in [5, 5.41) is 2.96. The predicted octanol–water partition coefficient (Wildman–Crippen LogP) is 2.63. The minimum Gasteiger partial charge on any atom is -0.355 e. The van der Waals surface area contributed by atoms with E-state index >= 15 is 0 Å². The molecule has 5 nitrogen and oxygen atoms in total. The molecule has 1 aromatic carbocycles. The van der Waals surface area contributed by atoms with Crippen LogP contribution in [0.4, 0.5) is 0 Å². The number of hydrogen-bond donors (Lipinski definition) is 1. The van der Waals surface area contributed by atoms with Gasteiger partial charge in [0.15, 0.2) is 0 Å². The highest BCUT2D eigenvalue weighted by Gasteiger charge is 2.31. The van der Waals surface area contributed by atoms with E-state index in [-0.39, 0.29) is 24.3 Å². The lowest BCUT2D eigenvalue weighted by Gasteiger charge is -2.30. The minimum atomic E-state index is -0.0623. The highest BCUT2D eigenvalue weighted by atomic mass is 16.2. The van der Waals surface area contributed by atoms with Crippen LogP contribution in [-0.4, -0.2) is 59.9 Å². The normalized spacial score (nSPS) is 17.6. The van der Waals surface area contributed by atoms with E-state index in [0.29, 0.717) is 31.6 Å². The summed E-state index contributed by atoms with van der Waals surface area (Å²) in [6, 6.07) is 11.1. The van der Waals surface area contributed by atoms with E-state index in [1.54, 1.807) is 4.90 Å². The third kappa shape index (κ3) is 5.84. The number of hydrogen-bond acceptors (Lipinski definition) is 3. The van der Waals surface area contributed by atoms with E-state index in [0.717, 1.165) is 13.0 Å². The van der Waals surface area contributed by atoms with Gasteiger partial charge in [-0.1, -0.05) is 30.3 Å². The molecule has 1 fully saturated rings. The summed E-state index contributed by atoms with van der Waals surface area (Å²) < 4.78 is 0. The number of rotatable bonds is 9. The van der Waals surface area contributed by atoms with Crippen molar-refractivity contribution in [3.05, 3.63) is 35.9 Å². The van der Waals surface area contributed by atoms with Gasteiger partial charge in [0.25, 0.3) is 0 Å². The van der Waals surface area contributed by atoms with Crippen LogP contribution in [0.1, 0.15) is 52.0 Å². The Hall–Kier alpha value is -1.88. The summed E-state index contributed by atoms with van der Waals surface area (Å²) in [5.74, 6) is 0.203. The lowest BCUT2D eigenvalue weighted by atomic mass is 9.99. The first kappa shape index (κ1) is 20.4. The average Bonchev–Trinajstić information content (AvgIpc) is 2.95. The van der Waals surface area contributed by atoms with E-state index in [1.165, 1.54) is 5.56 Å². The summed E-state index contributed by atoms with van der Waals surface area (Å²) in [6.45, 7) is 11.2. The van der Waals surface area contributed by atoms with Crippen LogP contribution in [0.25, 0.3) is 0 Å². The molecule has 1 aliphatic rings. The van der Waals surface area contributed by atoms with Crippen molar-refractivity contribution < 1.29 is 9.59 Å². The van der Waals surface area contributed by atoms with E-state index in [1.807, 2.05) is 18.2 Å². The maximum atomic E-state index is 12.2. The molecule has 0 saturated carbocycles. The Morgan fingerprint density at radius 3 is 2.46 bits per heavy atom. The van der Waals surface area contributed by atoms with Gasteiger partial charge in [0.1, 0.15) is 0 Å². The van der Waals surface area contributed by atoms with Crippen LogP contribution in [0, 0.1) is 0 Å². The monoisotopic (exact) mass is 359 g/mol. The molecule has 1 aliphatic heterocycles. The second-order valence-corrected chi connectivity index (χ2v) is 7.71. The van der Waals surface area contributed by atoms with Gasteiger partial charge in [0.2, 0.25) is 11.8 Å². The van der Waals surface area contributed by atoms with E-state index in [9.17, 15) is 9.59 Å². The molecule has 26 heavy (non-hydrogen) atoms. The zero-order valence-corrected chi connectivity index (χ0v) is 16.6. The molecule has 144 valence electrons. The molecule has 1 heterocycles. The number of nitrogens with one attached hydrogen (secondary N) is 1. The molecule has 0 bridgehead atoms. The first-order valence-electron chi connectivity index (χ1n) is 9.73. The molecular weight excluding hydrogens is 326 g/mol. The van der Waals surface area contributed by atoms with Crippen LogP contribution < -0.4 is 5.32 Å². The maximum Gasteiger partial charge on any atom is 0.239 e. The lowest BCUT2D eigenvalue weighted by molar-refractivity contribution is -0.133. The summed E-state index contributed by atoms with van der Waals surface area (Å²) in [4.78, 5) is 28.5. The second kappa shape index (κ2) is 9.72. The molecule has 0 spiro atoms. The lowest BCUT2D eigenvalue weighted by Crippen LogP contribution is -2.41. The maximum absolute atomic E-state index is 12.2. The van der Waals surface area contributed by atoms with Gasteiger partial charge in [-0.05, 0) is 39.7 Å². The van der Waals surface area contributed by atoms with Crippen molar-refractivity contribution in [3.8, 4) is 0 Å². The second-order valence-electron chi connectivity index (χ2n) is 7.71. The summed E-state index contributed by atoms with van der Waals surface area (Å²) >= 11 is 0. The summed E-state index contributed by atoms with van der Waals surface area (Å²) in [6.07, 6.45) is 1.41. The summed E-state index contributed by atoms with van der Waals surface area (Å²) in [7, 11) is 0. The smallest absolute Gasteiger partial charge is 0.239 e. The fraction of sp³-hybridized carbons (Fsp3) is 0.619. The minimum absolute atomic E-state index is 0.0623. The number of nitrogens with zero attached hydrogens (tertiary/aromatic N) is 2. The SMILES string of the molecule is CC(C)N(CCCNC(=O)CN1CC(c2ccccc2)CC1=O)C(C)C. The molecule has 1 unspecified atom stereocenters. The Morgan fingerprint density at radius 1 is 1.19 bits per heavy atom. The van der Waals surface area contributed by atoms with Gasteiger partial charge in [-0.2, -0.15) is 0 Å². The molecule has 0 radical (unpaired) electrons. The first-order valence-corrected chi connectivity index (χ1v) is 9.73. The van der Waals surface area contributed by atoms with Crippen LogP contribution in [0.2, 0.25) is 0 Å². The van der Waals surface area contributed by atoms with E-state index < -0.39 is 0 Å². The van der Waals surface area contributed by atoms with Crippen molar-refractivity contribution in [1.82, 2.24) is 15.1 Å². The van der Waals surface area contributed by atoms with Crippen molar-refractivity contribution in [2.24, 2.45) is 0 Å². The molecule has 0 aromatic heterocycles. The van der Waals surface area contributed by atoms with Crippen LogP contribution in [0.3, 0.4) is 0 Å². The van der Waals surface area contributed by atoms with Crippen LogP contribution in [-0.2, 0) is 9.59 Å². The fourth-order valence-electron chi connectivity index (χ4n) is 3.70. The van der Waals surface area contributed by atoms with E-state index in [4.69, 9.17) is 0 Å². The van der Waals surface area contributed by atoms with Gasteiger partial charge in [0.05, 0.1) is 6.54 Å². The number of amides is 2. The summed E-state index contributed by atoms with van der Waals surface area (Å²) in [5.41, 5.74) is 1.17. The zero-order chi connectivity index (χ0) is 19.1. The Kier molecular flexibility index (Phi) is 7.64. The van der Waals surface area contributed by atoms with Crippen molar-refractivity contribution in [2.75, 3.05) is 26.2 Å². The molecular formula is C21H33N3O2. The number of carbonyl (C=O) groups is 2. The molecule has 1 saturated heterocycles. The van der Waals surface area contributed by atoms with Gasteiger partial charge in [-0.15, -0.1) is 0 Å². The van der Waals surface area contributed by atoms with Crippen LogP contribution in [0.5, 0.6) is 0 Å². The van der Waals surface area contributed by atoms with Gasteiger partial charge < -0.3 is 10.2 Å². The average molecular weight is 360 g/mol. The van der Waals surface area contributed by atoms with Gasteiger partial charge in [0, 0.05) is 44.1 Å². The highest BCUT2D eigenvalue weighted by molar-refractivity contribution is 5.86. The Labute approximate surface area is 157 Å². The molecule has 0 aliphatic carbocycles. The molecule has 1 atom stereocenters. The molecule has 2 rings (SSSR count). The number of carbonyl (C=O) groups excluding carboxylic acids is 2. The standard InChI is InChI=1S/C21H33N3O2/c1-16(2)24(17(3)4)12-8-11-22-20(25)15-23-14-19(13-21(23)26)18-9-6-5-7-10-18/h5-7,9-10,16-17,19H,8,11-15H2,1-4H3,(H,22,25). The topological polar surface area (TPSA) is 52.7 Å². The first-order chi connectivity index (χ1) is 12.4. The largest absolute Gasteiger partial charge is 0.355 e. The van der Waals surface area contributed by atoms with Gasteiger partial charge >= 0.3 is 0 Å². The Bertz CT molecular complexity index is 578. The molecule has 1 N–H and O–H groups in total.